The predicted molar refractivity (Wildman–Crippen MR) is 122 cm³/mol. The summed E-state index contributed by atoms with van der Waals surface area (Å²) in [7, 11) is 1.61. The Labute approximate surface area is 187 Å². The highest BCUT2D eigenvalue weighted by atomic mass is 16.5. The van der Waals surface area contributed by atoms with E-state index in [0.717, 1.165) is 35.7 Å². The summed E-state index contributed by atoms with van der Waals surface area (Å²) in [5, 5.41) is 5.45. The van der Waals surface area contributed by atoms with Crippen molar-refractivity contribution in [1.82, 2.24) is 10.6 Å². The van der Waals surface area contributed by atoms with Crippen molar-refractivity contribution < 1.29 is 18.7 Å². The lowest BCUT2D eigenvalue weighted by molar-refractivity contribution is -0.139. The number of rotatable bonds is 8. The zero-order chi connectivity index (χ0) is 22.3. The number of nitrogens with zero attached hydrogens (tertiary/aromatic N) is 1. The van der Waals surface area contributed by atoms with Crippen LogP contribution in [0.5, 0.6) is 5.75 Å². The molecule has 0 bridgehead atoms. The Hall–Kier alpha value is -3.74. The quantitative estimate of drug-likeness (QED) is 0.534. The number of para-hydroxylation sites is 2. The van der Waals surface area contributed by atoms with Gasteiger partial charge in [0.1, 0.15) is 17.6 Å². The van der Waals surface area contributed by atoms with E-state index in [-0.39, 0.29) is 12.6 Å². The maximum Gasteiger partial charge on any atom is 0.309 e. The van der Waals surface area contributed by atoms with Gasteiger partial charge in [0.25, 0.3) is 0 Å². The number of benzene rings is 2. The van der Waals surface area contributed by atoms with E-state index in [9.17, 15) is 9.59 Å². The fourth-order valence-electron chi connectivity index (χ4n) is 4.10. The molecule has 2 N–H and O–H groups in total. The molecule has 7 heteroatoms. The second-order valence-electron chi connectivity index (χ2n) is 7.63. The minimum absolute atomic E-state index is 0.195. The number of fused-ring (bicyclic) bond motifs is 1. The average molecular weight is 434 g/mol. The van der Waals surface area contributed by atoms with E-state index in [0.29, 0.717) is 13.0 Å². The predicted octanol–water partition coefficient (Wildman–Crippen LogP) is 2.87. The Bertz CT molecular complexity index is 1060. The first-order chi connectivity index (χ1) is 15.7. The minimum atomic E-state index is -0.658. The number of anilines is 1. The summed E-state index contributed by atoms with van der Waals surface area (Å²) in [4.78, 5) is 27.0. The van der Waals surface area contributed by atoms with Crippen LogP contribution in [0.4, 0.5) is 5.69 Å². The molecule has 32 heavy (non-hydrogen) atoms. The fraction of sp³-hybridized carbons (Fsp3) is 0.280. The third-order valence-corrected chi connectivity index (χ3v) is 5.71. The molecule has 1 aliphatic heterocycles. The van der Waals surface area contributed by atoms with Gasteiger partial charge >= 0.3 is 11.8 Å². The molecule has 1 atom stereocenters. The summed E-state index contributed by atoms with van der Waals surface area (Å²) in [6.45, 7) is 1.43. The van der Waals surface area contributed by atoms with Gasteiger partial charge in [0, 0.05) is 25.3 Å². The van der Waals surface area contributed by atoms with Crippen molar-refractivity contribution in [2.24, 2.45) is 0 Å². The van der Waals surface area contributed by atoms with Crippen molar-refractivity contribution in [3.8, 4) is 5.75 Å². The van der Waals surface area contributed by atoms with E-state index in [2.05, 4.69) is 27.7 Å². The lowest BCUT2D eigenvalue weighted by Gasteiger charge is -2.29. The largest absolute Gasteiger partial charge is 0.496 e. The van der Waals surface area contributed by atoms with Crippen LogP contribution in [0.1, 0.15) is 22.9 Å². The summed E-state index contributed by atoms with van der Waals surface area (Å²) in [6.07, 6.45) is 3.13. The monoisotopic (exact) mass is 433 g/mol. The van der Waals surface area contributed by atoms with Gasteiger partial charge in [-0.1, -0.05) is 36.4 Å². The van der Waals surface area contributed by atoms with Crippen LogP contribution in [0.2, 0.25) is 0 Å². The van der Waals surface area contributed by atoms with E-state index in [1.807, 2.05) is 48.5 Å². The van der Waals surface area contributed by atoms with Gasteiger partial charge in [0.15, 0.2) is 0 Å². The van der Waals surface area contributed by atoms with Crippen LogP contribution in [0.25, 0.3) is 0 Å². The van der Waals surface area contributed by atoms with Gasteiger partial charge in [-0.25, -0.2) is 0 Å². The number of carbonyl (C=O) groups excluding carboxylic acids is 2. The molecule has 0 aliphatic carbocycles. The standard InChI is InChI=1S/C25H27N3O4/c1-31-22-10-5-3-8-19(22)12-14-26-24(29)25(30)27-17-21(23-11-6-16-32-23)28-15-13-18-7-2-4-9-20(18)28/h2-11,16,21H,12-15,17H2,1H3,(H,26,29)(H,27,30)/t21-/m0/s1. The Morgan fingerprint density at radius 1 is 1.03 bits per heavy atom. The molecule has 0 spiro atoms. The lowest BCUT2D eigenvalue weighted by atomic mass is 10.1. The highest BCUT2D eigenvalue weighted by Crippen LogP contribution is 2.34. The van der Waals surface area contributed by atoms with Crippen molar-refractivity contribution in [2.45, 2.75) is 18.9 Å². The van der Waals surface area contributed by atoms with E-state index < -0.39 is 11.8 Å². The van der Waals surface area contributed by atoms with Gasteiger partial charge in [-0.2, -0.15) is 0 Å². The third-order valence-electron chi connectivity index (χ3n) is 5.71. The van der Waals surface area contributed by atoms with Gasteiger partial charge in [0.2, 0.25) is 0 Å². The summed E-state index contributed by atoms with van der Waals surface area (Å²) < 4.78 is 11.0. The summed E-state index contributed by atoms with van der Waals surface area (Å²) >= 11 is 0. The molecule has 166 valence electrons. The third kappa shape index (κ3) is 4.77. The highest BCUT2D eigenvalue weighted by molar-refractivity contribution is 6.35. The summed E-state index contributed by atoms with van der Waals surface area (Å²) in [5.41, 5.74) is 3.37. The fourth-order valence-corrected chi connectivity index (χ4v) is 4.10. The molecule has 0 unspecified atom stereocenters. The zero-order valence-corrected chi connectivity index (χ0v) is 18.0. The number of methoxy groups -OCH3 is 1. The molecule has 3 aromatic rings. The van der Waals surface area contributed by atoms with Gasteiger partial charge < -0.3 is 24.7 Å². The van der Waals surface area contributed by atoms with Gasteiger partial charge in [-0.3, -0.25) is 9.59 Å². The zero-order valence-electron chi connectivity index (χ0n) is 18.0. The first-order valence-corrected chi connectivity index (χ1v) is 10.7. The Balaban J connectivity index is 1.34. The number of hydrogen-bond acceptors (Lipinski definition) is 5. The Morgan fingerprint density at radius 3 is 2.62 bits per heavy atom. The molecule has 2 aromatic carbocycles. The topological polar surface area (TPSA) is 83.8 Å². The number of furan rings is 1. The Kier molecular flexibility index (Phi) is 6.75. The highest BCUT2D eigenvalue weighted by Gasteiger charge is 2.29. The molecule has 7 nitrogen and oxygen atoms in total. The molecule has 0 saturated heterocycles. The van der Waals surface area contributed by atoms with E-state index >= 15 is 0 Å². The van der Waals surface area contributed by atoms with Crippen LogP contribution in [0, 0.1) is 0 Å². The lowest BCUT2D eigenvalue weighted by Crippen LogP contribution is -2.44. The Morgan fingerprint density at radius 2 is 1.81 bits per heavy atom. The number of hydrogen-bond donors (Lipinski definition) is 2. The SMILES string of the molecule is COc1ccccc1CCNC(=O)C(=O)NC[C@@H](c1ccco1)N1CCc2ccccc21. The number of ether oxygens (including phenoxy) is 1. The van der Waals surface area contributed by atoms with E-state index in [1.165, 1.54) is 5.56 Å². The first-order valence-electron chi connectivity index (χ1n) is 10.7. The molecular weight excluding hydrogens is 406 g/mol. The van der Waals surface area contributed by atoms with E-state index in [1.54, 1.807) is 13.4 Å². The van der Waals surface area contributed by atoms with Gasteiger partial charge in [-0.15, -0.1) is 0 Å². The molecule has 0 radical (unpaired) electrons. The van der Waals surface area contributed by atoms with Crippen molar-refractivity contribution in [3.05, 3.63) is 83.8 Å². The second kappa shape index (κ2) is 10.0. The van der Waals surface area contributed by atoms with Crippen molar-refractivity contribution in [3.63, 3.8) is 0 Å². The molecule has 4 rings (SSSR count). The smallest absolute Gasteiger partial charge is 0.309 e. The molecule has 0 fully saturated rings. The molecule has 0 saturated carbocycles. The van der Waals surface area contributed by atoms with Crippen molar-refractivity contribution in [2.75, 3.05) is 31.6 Å². The maximum absolute atomic E-state index is 12.4. The number of carbonyl (C=O) groups is 2. The van der Waals surface area contributed by atoms with Crippen LogP contribution in [-0.4, -0.2) is 38.6 Å². The van der Waals surface area contributed by atoms with Crippen LogP contribution >= 0.6 is 0 Å². The van der Waals surface area contributed by atoms with Gasteiger partial charge in [0.05, 0.1) is 13.4 Å². The molecule has 1 aliphatic rings. The van der Waals surface area contributed by atoms with Crippen molar-refractivity contribution in [1.29, 1.82) is 0 Å². The summed E-state index contributed by atoms with van der Waals surface area (Å²) in [5.74, 6) is 0.200. The van der Waals surface area contributed by atoms with Crippen LogP contribution in [0.15, 0.2) is 71.3 Å². The number of amides is 2. The molecular formula is C25H27N3O4. The van der Waals surface area contributed by atoms with E-state index in [4.69, 9.17) is 9.15 Å². The molecule has 1 aromatic heterocycles. The normalized spacial score (nSPS) is 13.3. The molecule has 2 amide bonds. The first kappa shape index (κ1) is 21.5. The average Bonchev–Trinajstić information content (AvgIpc) is 3.50. The summed E-state index contributed by atoms with van der Waals surface area (Å²) in [6, 6.07) is 19.4. The minimum Gasteiger partial charge on any atom is -0.496 e. The van der Waals surface area contributed by atoms with Crippen LogP contribution in [0.3, 0.4) is 0 Å². The maximum atomic E-state index is 12.4. The number of nitrogens with one attached hydrogen (secondary N) is 2. The van der Waals surface area contributed by atoms with Crippen LogP contribution < -0.4 is 20.3 Å². The second-order valence-corrected chi connectivity index (χ2v) is 7.63. The van der Waals surface area contributed by atoms with Gasteiger partial charge in [-0.05, 0) is 48.2 Å². The van der Waals surface area contributed by atoms with Crippen molar-refractivity contribution >= 4 is 17.5 Å². The molecule has 2 heterocycles. The van der Waals surface area contributed by atoms with Crippen LogP contribution in [-0.2, 0) is 22.4 Å².